The van der Waals surface area contributed by atoms with Crippen molar-refractivity contribution in [3.8, 4) is 11.6 Å². The minimum atomic E-state index is -0.0818. The molecule has 23 heavy (non-hydrogen) atoms. The monoisotopic (exact) mass is 311 g/mol. The molecule has 2 aromatic heterocycles. The molecule has 0 unspecified atom stereocenters. The number of ether oxygens (including phenoxy) is 1. The van der Waals surface area contributed by atoms with Crippen molar-refractivity contribution >= 4 is 11.0 Å². The average molecular weight is 311 g/mol. The Labute approximate surface area is 135 Å². The molecule has 0 N–H and O–H groups in total. The van der Waals surface area contributed by atoms with Gasteiger partial charge in [0.15, 0.2) is 0 Å². The van der Waals surface area contributed by atoms with E-state index in [1.165, 1.54) is 0 Å². The molecule has 0 atom stereocenters. The molecular weight excluding hydrogens is 290 g/mol. The van der Waals surface area contributed by atoms with Gasteiger partial charge in [-0.25, -0.2) is 9.78 Å². The van der Waals surface area contributed by atoms with Crippen LogP contribution in [-0.4, -0.2) is 20.2 Å². The summed E-state index contributed by atoms with van der Waals surface area (Å²) in [7, 11) is 1.78. The Morgan fingerprint density at radius 3 is 2.39 bits per heavy atom. The zero-order valence-electron chi connectivity index (χ0n) is 13.7. The van der Waals surface area contributed by atoms with Crippen LogP contribution in [0.5, 0.6) is 5.88 Å². The topological polar surface area (TPSA) is 49.0 Å². The molecule has 5 nitrogen and oxygen atoms in total. The number of benzene rings is 1. The Morgan fingerprint density at radius 1 is 1.09 bits per heavy atom. The van der Waals surface area contributed by atoms with Gasteiger partial charge in [0.05, 0.1) is 29.0 Å². The number of hydrogen-bond acceptors (Lipinski definition) is 3. The summed E-state index contributed by atoms with van der Waals surface area (Å²) in [4.78, 5) is 16.9. The number of hydrogen-bond donors (Lipinski definition) is 0. The first-order valence-corrected chi connectivity index (χ1v) is 7.95. The molecule has 120 valence electrons. The van der Waals surface area contributed by atoms with Gasteiger partial charge in [0.1, 0.15) is 0 Å². The van der Waals surface area contributed by atoms with Crippen LogP contribution in [0.2, 0.25) is 0 Å². The van der Waals surface area contributed by atoms with Crippen molar-refractivity contribution in [2.45, 2.75) is 32.8 Å². The van der Waals surface area contributed by atoms with E-state index in [1.54, 1.807) is 22.4 Å². The molecule has 0 bridgehead atoms. The number of aromatic nitrogens is 3. The maximum atomic E-state index is 12.5. The maximum absolute atomic E-state index is 12.5. The average Bonchev–Trinajstić information content (AvgIpc) is 2.85. The molecule has 2 heterocycles. The summed E-state index contributed by atoms with van der Waals surface area (Å²) in [5.41, 5.74) is 2.43. The highest BCUT2D eigenvalue weighted by atomic mass is 16.5. The first-order valence-electron chi connectivity index (χ1n) is 7.95. The molecule has 0 spiro atoms. The zero-order valence-corrected chi connectivity index (χ0v) is 13.7. The van der Waals surface area contributed by atoms with E-state index in [0.29, 0.717) is 5.88 Å². The van der Waals surface area contributed by atoms with Crippen molar-refractivity contribution < 1.29 is 4.74 Å². The predicted molar refractivity (Wildman–Crippen MR) is 91.3 cm³/mol. The lowest BCUT2D eigenvalue weighted by Crippen LogP contribution is -2.21. The fourth-order valence-electron chi connectivity index (χ4n) is 2.74. The third-order valence-corrected chi connectivity index (χ3v) is 4.14. The Kier molecular flexibility index (Phi) is 4.19. The Bertz CT molecular complexity index is 858. The predicted octanol–water partition coefficient (Wildman–Crippen LogP) is 3.29. The van der Waals surface area contributed by atoms with Crippen molar-refractivity contribution in [1.82, 2.24) is 14.1 Å². The summed E-state index contributed by atoms with van der Waals surface area (Å²) < 4.78 is 9.14. The summed E-state index contributed by atoms with van der Waals surface area (Å²) in [6, 6.07) is 11.4. The molecule has 3 rings (SSSR count). The first kappa shape index (κ1) is 15.3. The van der Waals surface area contributed by atoms with Gasteiger partial charge in [0, 0.05) is 13.1 Å². The molecule has 0 amide bonds. The summed E-state index contributed by atoms with van der Waals surface area (Å²) in [6.07, 6.45) is 3.75. The quantitative estimate of drug-likeness (QED) is 0.726. The van der Waals surface area contributed by atoms with E-state index in [0.717, 1.165) is 29.6 Å². The van der Waals surface area contributed by atoms with Crippen LogP contribution < -0.4 is 10.4 Å². The van der Waals surface area contributed by atoms with Gasteiger partial charge in [-0.2, -0.15) is 0 Å². The Hall–Kier alpha value is -2.56. The van der Waals surface area contributed by atoms with Gasteiger partial charge in [0.25, 0.3) is 0 Å². The number of nitrogens with zero attached hydrogens (tertiary/aromatic N) is 3. The summed E-state index contributed by atoms with van der Waals surface area (Å²) in [5, 5.41) is 0. The van der Waals surface area contributed by atoms with Crippen LogP contribution >= 0.6 is 0 Å². The van der Waals surface area contributed by atoms with Gasteiger partial charge >= 0.3 is 5.69 Å². The number of aryl methyl sites for hydroxylation is 1. The SMILES string of the molecule is CCC(CC)Oc1ccc(-n2c(=O)n(C)c3ccccc32)cn1. The second kappa shape index (κ2) is 6.28. The molecule has 3 aromatic rings. The minimum Gasteiger partial charge on any atom is -0.474 e. The fraction of sp³-hybridized carbons (Fsp3) is 0.333. The van der Waals surface area contributed by atoms with E-state index >= 15 is 0 Å². The van der Waals surface area contributed by atoms with Crippen LogP contribution in [0.4, 0.5) is 0 Å². The van der Waals surface area contributed by atoms with Crippen molar-refractivity contribution in [2.75, 3.05) is 0 Å². The third kappa shape index (κ3) is 2.74. The molecule has 0 radical (unpaired) electrons. The van der Waals surface area contributed by atoms with Crippen LogP contribution in [0.3, 0.4) is 0 Å². The van der Waals surface area contributed by atoms with Crippen LogP contribution in [0.1, 0.15) is 26.7 Å². The smallest absolute Gasteiger partial charge is 0.333 e. The van der Waals surface area contributed by atoms with Crippen LogP contribution in [0.25, 0.3) is 16.7 Å². The molecule has 0 aliphatic rings. The van der Waals surface area contributed by atoms with E-state index in [9.17, 15) is 4.79 Å². The maximum Gasteiger partial charge on any atom is 0.333 e. The molecule has 0 saturated carbocycles. The van der Waals surface area contributed by atoms with Gasteiger partial charge in [-0.1, -0.05) is 26.0 Å². The van der Waals surface area contributed by atoms with Crippen molar-refractivity contribution in [3.63, 3.8) is 0 Å². The first-order chi connectivity index (χ1) is 11.2. The lowest BCUT2D eigenvalue weighted by molar-refractivity contribution is 0.185. The normalized spacial score (nSPS) is 11.3. The van der Waals surface area contributed by atoms with Crippen molar-refractivity contribution in [1.29, 1.82) is 0 Å². The largest absolute Gasteiger partial charge is 0.474 e. The van der Waals surface area contributed by atoms with E-state index in [4.69, 9.17) is 4.74 Å². The highest BCUT2D eigenvalue weighted by Crippen LogP contribution is 2.18. The summed E-state index contributed by atoms with van der Waals surface area (Å²) in [5.74, 6) is 0.593. The molecule has 0 fully saturated rings. The second-order valence-corrected chi connectivity index (χ2v) is 5.58. The van der Waals surface area contributed by atoms with Gasteiger partial charge in [-0.15, -0.1) is 0 Å². The molecule has 5 heteroatoms. The lowest BCUT2D eigenvalue weighted by Gasteiger charge is -2.14. The van der Waals surface area contributed by atoms with E-state index < -0.39 is 0 Å². The Balaban J connectivity index is 2.00. The Morgan fingerprint density at radius 2 is 1.78 bits per heavy atom. The number of fused-ring (bicyclic) bond motifs is 1. The van der Waals surface area contributed by atoms with Gasteiger partial charge in [-0.05, 0) is 31.0 Å². The van der Waals surface area contributed by atoms with E-state index in [1.807, 2.05) is 36.4 Å². The zero-order chi connectivity index (χ0) is 16.4. The molecule has 0 saturated heterocycles. The van der Waals surface area contributed by atoms with Crippen LogP contribution in [-0.2, 0) is 7.05 Å². The lowest BCUT2D eigenvalue weighted by atomic mass is 10.2. The van der Waals surface area contributed by atoms with E-state index in [2.05, 4.69) is 18.8 Å². The van der Waals surface area contributed by atoms with Gasteiger partial charge in [-0.3, -0.25) is 9.13 Å². The number of para-hydroxylation sites is 2. The second-order valence-electron chi connectivity index (χ2n) is 5.58. The highest BCUT2D eigenvalue weighted by molar-refractivity contribution is 5.77. The summed E-state index contributed by atoms with van der Waals surface area (Å²) in [6.45, 7) is 4.19. The minimum absolute atomic E-state index is 0.0818. The highest BCUT2D eigenvalue weighted by Gasteiger charge is 2.12. The van der Waals surface area contributed by atoms with Crippen LogP contribution in [0.15, 0.2) is 47.4 Å². The fourth-order valence-corrected chi connectivity index (χ4v) is 2.74. The molecule has 1 aromatic carbocycles. The van der Waals surface area contributed by atoms with Crippen molar-refractivity contribution in [2.24, 2.45) is 7.05 Å². The van der Waals surface area contributed by atoms with Gasteiger partial charge in [0.2, 0.25) is 5.88 Å². The molecule has 0 aliphatic heterocycles. The standard InChI is InChI=1S/C18H21N3O2/c1-4-14(5-2)23-17-11-10-13(12-19-17)21-16-9-7-6-8-15(16)20(3)18(21)22/h6-12,14H,4-5H2,1-3H3. The van der Waals surface area contributed by atoms with E-state index in [-0.39, 0.29) is 11.8 Å². The number of rotatable bonds is 5. The molecular formula is C18H21N3O2. The summed E-state index contributed by atoms with van der Waals surface area (Å²) >= 11 is 0. The number of pyridine rings is 1. The molecule has 0 aliphatic carbocycles. The number of imidazole rings is 1. The van der Waals surface area contributed by atoms with Crippen molar-refractivity contribution in [3.05, 3.63) is 53.1 Å². The van der Waals surface area contributed by atoms with Gasteiger partial charge < -0.3 is 4.74 Å². The van der Waals surface area contributed by atoms with Crippen LogP contribution in [0, 0.1) is 0 Å². The third-order valence-electron chi connectivity index (χ3n) is 4.14.